The molecule has 3 unspecified atom stereocenters. The number of hydrogen-bond donors (Lipinski definition) is 1. The second kappa shape index (κ2) is 7.48. The molecule has 2 saturated carbocycles. The minimum absolute atomic E-state index is 0.0402. The number of nitrogens with one attached hydrogen (secondary N) is 1. The Bertz CT molecular complexity index is 1430. The molecular formula is C25H20ClF2N3O2. The van der Waals surface area contributed by atoms with Crippen molar-refractivity contribution in [3.8, 4) is 5.69 Å². The number of carbonyl (C=O) groups is 1. The van der Waals surface area contributed by atoms with Crippen molar-refractivity contribution in [1.29, 1.82) is 0 Å². The van der Waals surface area contributed by atoms with E-state index in [2.05, 4.69) is 10.3 Å². The predicted molar refractivity (Wildman–Crippen MR) is 120 cm³/mol. The zero-order valence-corrected chi connectivity index (χ0v) is 18.3. The van der Waals surface area contributed by atoms with E-state index in [0.717, 1.165) is 43.0 Å². The number of pyridine rings is 2. The molecule has 0 saturated heterocycles. The number of carbonyl (C=O) groups excluding carboxylic acids is 1. The van der Waals surface area contributed by atoms with Crippen LogP contribution in [0.2, 0.25) is 5.15 Å². The summed E-state index contributed by atoms with van der Waals surface area (Å²) in [6.45, 7) is 0. The third-order valence-electron chi connectivity index (χ3n) is 7.40. The summed E-state index contributed by atoms with van der Waals surface area (Å²) in [5.41, 5.74) is 1.67. The van der Waals surface area contributed by atoms with Crippen molar-refractivity contribution in [1.82, 2.24) is 14.9 Å². The van der Waals surface area contributed by atoms with Crippen LogP contribution < -0.4 is 10.7 Å². The number of hydrogen-bond acceptors (Lipinski definition) is 3. The van der Waals surface area contributed by atoms with Gasteiger partial charge in [-0.2, -0.15) is 0 Å². The van der Waals surface area contributed by atoms with E-state index in [1.165, 1.54) is 47.4 Å². The molecule has 6 rings (SSSR count). The fourth-order valence-electron chi connectivity index (χ4n) is 6.01. The van der Waals surface area contributed by atoms with Crippen LogP contribution in [-0.2, 0) is 0 Å². The van der Waals surface area contributed by atoms with Gasteiger partial charge in [-0.1, -0.05) is 11.6 Å². The molecule has 3 atom stereocenters. The lowest BCUT2D eigenvalue weighted by Crippen LogP contribution is -2.32. The van der Waals surface area contributed by atoms with Gasteiger partial charge in [-0.15, -0.1) is 0 Å². The molecule has 3 aliphatic rings. The highest BCUT2D eigenvalue weighted by atomic mass is 35.5. The van der Waals surface area contributed by atoms with E-state index < -0.39 is 23.0 Å². The van der Waals surface area contributed by atoms with Crippen LogP contribution in [0.1, 0.15) is 42.5 Å². The van der Waals surface area contributed by atoms with E-state index in [4.69, 9.17) is 11.6 Å². The maximum absolute atomic E-state index is 14.7. The first kappa shape index (κ1) is 20.5. The minimum atomic E-state index is -0.848. The smallest absolute Gasteiger partial charge is 0.260 e. The predicted octanol–water partition coefficient (Wildman–Crippen LogP) is 5.14. The van der Waals surface area contributed by atoms with Crippen LogP contribution in [0.25, 0.3) is 16.7 Å². The average molecular weight is 468 g/mol. The summed E-state index contributed by atoms with van der Waals surface area (Å²) in [6, 6.07) is 5.99. The summed E-state index contributed by atoms with van der Waals surface area (Å²) in [5, 5.41) is 3.24. The van der Waals surface area contributed by atoms with Crippen molar-refractivity contribution in [2.75, 3.05) is 0 Å². The molecule has 0 aliphatic heterocycles. The molecule has 2 heterocycles. The fraction of sp³-hybridized carbons (Fsp3) is 0.320. The lowest BCUT2D eigenvalue weighted by Gasteiger charge is -2.25. The van der Waals surface area contributed by atoms with Crippen molar-refractivity contribution in [2.24, 2.45) is 17.8 Å². The Hall–Kier alpha value is -3.06. The topological polar surface area (TPSA) is 64.0 Å². The van der Waals surface area contributed by atoms with E-state index in [9.17, 15) is 18.4 Å². The SMILES string of the molecule is O=C(NC1=C2CCC3CC(C1)CC23)c1cn(-c2ccc(F)cc2F)c2nc(Cl)ccc2c1=O. The quantitative estimate of drug-likeness (QED) is 0.542. The Morgan fingerprint density at radius 2 is 2.03 bits per heavy atom. The molecule has 1 amide bonds. The van der Waals surface area contributed by atoms with Crippen molar-refractivity contribution in [3.63, 3.8) is 0 Å². The van der Waals surface area contributed by atoms with E-state index in [-0.39, 0.29) is 27.4 Å². The molecule has 3 aliphatic carbocycles. The molecule has 2 bridgehead atoms. The van der Waals surface area contributed by atoms with Gasteiger partial charge in [0.25, 0.3) is 5.91 Å². The van der Waals surface area contributed by atoms with Gasteiger partial charge in [-0.05, 0) is 79.7 Å². The largest absolute Gasteiger partial charge is 0.326 e. The van der Waals surface area contributed by atoms with Gasteiger partial charge in [-0.3, -0.25) is 14.2 Å². The lowest BCUT2D eigenvalue weighted by atomic mass is 9.86. The molecule has 168 valence electrons. The van der Waals surface area contributed by atoms with Gasteiger partial charge < -0.3 is 5.32 Å². The second-order valence-electron chi connectivity index (χ2n) is 9.25. The number of amides is 1. The Morgan fingerprint density at radius 3 is 2.85 bits per heavy atom. The number of halogens is 3. The third-order valence-corrected chi connectivity index (χ3v) is 7.61. The first-order valence-electron chi connectivity index (χ1n) is 11.1. The summed E-state index contributed by atoms with van der Waals surface area (Å²) < 4.78 is 29.4. The molecule has 3 aromatic rings. The summed E-state index contributed by atoms with van der Waals surface area (Å²) in [6.07, 6.45) is 6.63. The minimum Gasteiger partial charge on any atom is -0.326 e. The maximum Gasteiger partial charge on any atom is 0.260 e. The van der Waals surface area contributed by atoms with Crippen LogP contribution in [0.5, 0.6) is 0 Å². The highest BCUT2D eigenvalue weighted by Crippen LogP contribution is 2.55. The summed E-state index contributed by atoms with van der Waals surface area (Å²) in [5.74, 6) is -0.270. The van der Waals surface area contributed by atoms with Crippen LogP contribution in [0, 0.1) is 29.4 Å². The van der Waals surface area contributed by atoms with Crippen LogP contribution in [0.4, 0.5) is 8.78 Å². The van der Waals surface area contributed by atoms with E-state index in [1.807, 2.05) is 0 Å². The highest BCUT2D eigenvalue weighted by molar-refractivity contribution is 6.29. The van der Waals surface area contributed by atoms with Gasteiger partial charge in [0.1, 0.15) is 28.0 Å². The molecular weight excluding hydrogens is 448 g/mol. The number of benzene rings is 1. The van der Waals surface area contributed by atoms with Gasteiger partial charge >= 0.3 is 0 Å². The lowest BCUT2D eigenvalue weighted by molar-refractivity contribution is 0.0960. The molecule has 1 N–H and O–H groups in total. The van der Waals surface area contributed by atoms with Gasteiger partial charge in [0.15, 0.2) is 0 Å². The molecule has 0 spiro atoms. The summed E-state index contributed by atoms with van der Waals surface area (Å²) >= 11 is 6.03. The van der Waals surface area contributed by atoms with Gasteiger partial charge in [0.05, 0.1) is 11.1 Å². The van der Waals surface area contributed by atoms with Crippen molar-refractivity contribution >= 4 is 28.5 Å². The third kappa shape index (κ3) is 3.29. The van der Waals surface area contributed by atoms with E-state index in [0.29, 0.717) is 11.8 Å². The number of nitrogens with zero attached hydrogens (tertiary/aromatic N) is 2. The monoisotopic (exact) mass is 467 g/mol. The summed E-state index contributed by atoms with van der Waals surface area (Å²) in [7, 11) is 0. The van der Waals surface area contributed by atoms with Crippen molar-refractivity contribution in [2.45, 2.75) is 32.1 Å². The highest BCUT2D eigenvalue weighted by Gasteiger charge is 2.45. The number of fused-ring (bicyclic) bond motifs is 2. The number of rotatable bonds is 3. The second-order valence-corrected chi connectivity index (χ2v) is 9.63. The van der Waals surface area contributed by atoms with Crippen LogP contribution in [0.3, 0.4) is 0 Å². The molecule has 8 heteroatoms. The standard InChI is InChI=1S/C25H20ClF2N3O2/c26-22-6-4-16-23(32)18(11-31(24(16)30-22)21-5-2-14(27)10-19(21)28)25(33)29-20-9-12-7-13-1-3-15(20)17(13)8-12/h2,4-6,10-13,17H,1,3,7-9H2,(H,29,33). The van der Waals surface area contributed by atoms with Crippen LogP contribution in [-0.4, -0.2) is 15.5 Å². The first-order valence-corrected chi connectivity index (χ1v) is 11.5. The fourth-order valence-corrected chi connectivity index (χ4v) is 6.15. The molecule has 1 aromatic carbocycles. The van der Waals surface area contributed by atoms with Crippen LogP contribution in [0.15, 0.2) is 52.6 Å². The zero-order chi connectivity index (χ0) is 22.9. The van der Waals surface area contributed by atoms with E-state index in [1.54, 1.807) is 0 Å². The normalized spacial score (nSPS) is 23.4. The average Bonchev–Trinajstić information content (AvgIpc) is 3.31. The van der Waals surface area contributed by atoms with E-state index >= 15 is 0 Å². The van der Waals surface area contributed by atoms with Crippen LogP contribution >= 0.6 is 11.6 Å². The molecule has 2 fully saturated rings. The summed E-state index contributed by atoms with van der Waals surface area (Å²) in [4.78, 5) is 30.7. The Labute approximate surface area is 193 Å². The number of aromatic nitrogens is 2. The zero-order valence-electron chi connectivity index (χ0n) is 17.6. The van der Waals surface area contributed by atoms with Gasteiger partial charge in [0.2, 0.25) is 5.43 Å². The Morgan fingerprint density at radius 1 is 1.18 bits per heavy atom. The Kier molecular flexibility index (Phi) is 4.66. The number of allylic oxidation sites excluding steroid dienone is 2. The van der Waals surface area contributed by atoms with Gasteiger partial charge in [0, 0.05) is 18.0 Å². The van der Waals surface area contributed by atoms with Crippen molar-refractivity contribution in [3.05, 3.63) is 80.4 Å². The molecule has 33 heavy (non-hydrogen) atoms. The Balaban J connectivity index is 1.48. The van der Waals surface area contributed by atoms with Gasteiger partial charge in [-0.25, -0.2) is 13.8 Å². The molecule has 5 nitrogen and oxygen atoms in total. The molecule has 2 aromatic heterocycles. The molecule has 0 radical (unpaired) electrons. The first-order chi connectivity index (χ1) is 15.9. The maximum atomic E-state index is 14.7. The van der Waals surface area contributed by atoms with Crippen molar-refractivity contribution < 1.29 is 13.6 Å².